The Kier molecular flexibility index (Phi) is 14.6. The highest BCUT2D eigenvalue weighted by Crippen LogP contribution is 2.26. The Morgan fingerprint density at radius 1 is 0.778 bits per heavy atom. The van der Waals surface area contributed by atoms with Crippen LogP contribution in [0.3, 0.4) is 0 Å². The van der Waals surface area contributed by atoms with Crippen LogP contribution >= 0.6 is 12.0 Å². The number of rotatable bonds is 19. The molecule has 1 aromatic heterocycles. The molecular formula is C30H46N4OS. The Labute approximate surface area is 223 Å². The van der Waals surface area contributed by atoms with Crippen LogP contribution < -0.4 is 4.90 Å². The molecule has 6 heteroatoms. The zero-order valence-corrected chi connectivity index (χ0v) is 23.1. The summed E-state index contributed by atoms with van der Waals surface area (Å²) in [4.78, 5) is 6.61. The number of nitrogens with zero attached hydrogens (tertiary/aromatic N) is 4. The zero-order valence-electron chi connectivity index (χ0n) is 22.3. The number of aromatic nitrogens is 1. The molecule has 0 aliphatic carbocycles. The van der Waals surface area contributed by atoms with Crippen LogP contribution in [0, 0.1) is 0 Å². The van der Waals surface area contributed by atoms with Crippen molar-refractivity contribution in [3.8, 4) is 0 Å². The van der Waals surface area contributed by atoms with E-state index in [1.807, 2.05) is 12.1 Å². The summed E-state index contributed by atoms with van der Waals surface area (Å²) in [6, 6.07) is 12.3. The maximum atomic E-state index is 5.66. The second-order valence-corrected chi connectivity index (χ2v) is 10.8. The van der Waals surface area contributed by atoms with E-state index in [1.54, 1.807) is 24.4 Å². The van der Waals surface area contributed by atoms with E-state index in [4.69, 9.17) is 4.18 Å². The van der Waals surface area contributed by atoms with Crippen LogP contribution in [-0.2, 0) is 4.18 Å². The van der Waals surface area contributed by atoms with Crippen LogP contribution in [0.25, 0.3) is 0 Å². The highest BCUT2D eigenvalue weighted by Gasteiger charge is 2.15. The number of pyridine rings is 1. The lowest BCUT2D eigenvalue weighted by molar-refractivity contribution is 0.242. The molecule has 0 bridgehead atoms. The van der Waals surface area contributed by atoms with Gasteiger partial charge in [-0.1, -0.05) is 71.1 Å². The molecule has 3 rings (SSSR count). The van der Waals surface area contributed by atoms with Gasteiger partial charge in [-0.05, 0) is 74.1 Å². The average molecular weight is 511 g/mol. The minimum atomic E-state index is 0.522. The molecule has 36 heavy (non-hydrogen) atoms. The van der Waals surface area contributed by atoms with Gasteiger partial charge in [-0.15, -0.1) is 0 Å². The largest absolute Gasteiger partial charge is 0.372 e. The summed E-state index contributed by atoms with van der Waals surface area (Å²) >= 11 is 1.65. The highest BCUT2D eigenvalue weighted by molar-refractivity contribution is 7.94. The second-order valence-electron chi connectivity index (χ2n) is 9.92. The van der Waals surface area contributed by atoms with Crippen LogP contribution in [-0.4, -0.2) is 29.9 Å². The molecular weight excluding hydrogens is 464 g/mol. The molecule has 0 spiro atoms. The van der Waals surface area contributed by atoms with Crippen molar-refractivity contribution in [1.82, 2.24) is 4.98 Å². The van der Waals surface area contributed by atoms with Crippen molar-refractivity contribution < 1.29 is 4.18 Å². The molecule has 1 aromatic carbocycles. The van der Waals surface area contributed by atoms with Gasteiger partial charge >= 0.3 is 0 Å². The summed E-state index contributed by atoms with van der Waals surface area (Å²) in [5.74, 6) is 1.18. The summed E-state index contributed by atoms with van der Waals surface area (Å²) in [5, 5.41) is 8.70. The fourth-order valence-corrected chi connectivity index (χ4v) is 5.50. The predicted molar refractivity (Wildman–Crippen MR) is 155 cm³/mol. The lowest BCUT2D eigenvalue weighted by Crippen LogP contribution is -2.25. The third-order valence-corrected chi connectivity index (χ3v) is 7.68. The van der Waals surface area contributed by atoms with Gasteiger partial charge in [0.2, 0.25) is 0 Å². The number of unbranched alkanes of at least 4 members (excludes halogenated alkanes) is 10. The third-order valence-electron chi connectivity index (χ3n) is 6.87. The van der Waals surface area contributed by atoms with Crippen LogP contribution in [0.2, 0.25) is 0 Å². The van der Waals surface area contributed by atoms with Crippen molar-refractivity contribution in [2.45, 2.75) is 103 Å². The van der Waals surface area contributed by atoms with Gasteiger partial charge in [-0.3, -0.25) is 4.98 Å². The average Bonchev–Trinajstić information content (AvgIpc) is 3.44. The zero-order chi connectivity index (χ0) is 25.1. The summed E-state index contributed by atoms with van der Waals surface area (Å²) in [7, 11) is 0. The lowest BCUT2D eigenvalue weighted by Gasteiger charge is -2.25. The van der Waals surface area contributed by atoms with E-state index in [1.165, 1.54) is 101 Å². The van der Waals surface area contributed by atoms with Crippen molar-refractivity contribution >= 4 is 29.1 Å². The van der Waals surface area contributed by atoms with Crippen molar-refractivity contribution in [2.75, 3.05) is 23.7 Å². The minimum Gasteiger partial charge on any atom is -0.372 e. The Hall–Kier alpha value is -1.92. The molecule has 1 aliphatic rings. The van der Waals surface area contributed by atoms with E-state index in [0.717, 1.165) is 24.5 Å². The second kappa shape index (κ2) is 18.3. The first-order valence-corrected chi connectivity index (χ1v) is 15.2. The maximum absolute atomic E-state index is 5.66. The van der Waals surface area contributed by atoms with Gasteiger partial charge in [0.1, 0.15) is 0 Å². The van der Waals surface area contributed by atoms with E-state index in [-0.39, 0.29) is 0 Å². The van der Waals surface area contributed by atoms with Crippen LogP contribution in [0.4, 0.5) is 17.1 Å². The molecule has 0 saturated carbocycles. The molecule has 2 aromatic rings. The fourth-order valence-electron chi connectivity index (χ4n) is 4.66. The summed E-state index contributed by atoms with van der Waals surface area (Å²) in [6.45, 7) is 4.56. The molecule has 0 radical (unpaired) electrons. The summed E-state index contributed by atoms with van der Waals surface area (Å²) < 4.78 is 5.66. The number of azo groups is 1. The molecule has 5 nitrogen and oxygen atoms in total. The molecule has 2 heterocycles. The molecule has 1 aliphatic heterocycles. The number of hydrogen-bond donors (Lipinski definition) is 0. The van der Waals surface area contributed by atoms with E-state index >= 15 is 0 Å². The Bertz CT molecular complexity index is 825. The number of hydrogen-bond acceptors (Lipinski definition) is 6. The lowest BCUT2D eigenvalue weighted by atomic mass is 10.1. The molecule has 0 amide bonds. The van der Waals surface area contributed by atoms with Crippen LogP contribution in [0.5, 0.6) is 0 Å². The Morgan fingerprint density at radius 2 is 1.36 bits per heavy atom. The van der Waals surface area contributed by atoms with Gasteiger partial charge in [0.05, 0.1) is 17.5 Å². The van der Waals surface area contributed by atoms with Crippen molar-refractivity contribution in [3.05, 3.63) is 48.8 Å². The molecule has 0 N–H and O–H groups in total. The van der Waals surface area contributed by atoms with E-state index in [9.17, 15) is 0 Å². The van der Waals surface area contributed by atoms with Gasteiger partial charge in [0, 0.05) is 36.9 Å². The van der Waals surface area contributed by atoms with Gasteiger partial charge < -0.3 is 9.08 Å². The summed E-state index contributed by atoms with van der Waals surface area (Å²) in [6.07, 6.45) is 22.5. The van der Waals surface area contributed by atoms with Gasteiger partial charge in [0.25, 0.3) is 0 Å². The molecule has 1 fully saturated rings. The molecule has 198 valence electrons. The first-order chi connectivity index (χ1) is 17.8. The van der Waals surface area contributed by atoms with Gasteiger partial charge in [-0.25, -0.2) is 0 Å². The van der Waals surface area contributed by atoms with Crippen LogP contribution in [0.1, 0.15) is 96.8 Å². The van der Waals surface area contributed by atoms with Crippen LogP contribution in [0.15, 0.2) is 59.0 Å². The topological polar surface area (TPSA) is 50.1 Å². The van der Waals surface area contributed by atoms with E-state index in [0.29, 0.717) is 6.10 Å². The predicted octanol–water partition coefficient (Wildman–Crippen LogP) is 9.83. The van der Waals surface area contributed by atoms with E-state index < -0.39 is 0 Å². The summed E-state index contributed by atoms with van der Waals surface area (Å²) in [5.41, 5.74) is 3.02. The molecule has 1 unspecified atom stereocenters. The quantitative estimate of drug-likeness (QED) is 0.107. The number of anilines is 1. The van der Waals surface area contributed by atoms with Crippen molar-refractivity contribution in [1.29, 1.82) is 0 Å². The Morgan fingerprint density at radius 3 is 1.97 bits per heavy atom. The molecule has 1 atom stereocenters. The van der Waals surface area contributed by atoms with Crippen molar-refractivity contribution in [3.63, 3.8) is 0 Å². The van der Waals surface area contributed by atoms with Gasteiger partial charge in [0.15, 0.2) is 0 Å². The minimum absolute atomic E-state index is 0.522. The van der Waals surface area contributed by atoms with E-state index in [2.05, 4.69) is 51.3 Å². The highest BCUT2D eigenvalue weighted by atomic mass is 32.2. The number of benzene rings is 1. The Balaban J connectivity index is 1.40. The monoisotopic (exact) mass is 510 g/mol. The third kappa shape index (κ3) is 11.9. The fraction of sp³-hybridized carbons (Fsp3) is 0.633. The smallest absolute Gasteiger partial charge is 0.0887 e. The normalized spacial score (nSPS) is 15.6. The van der Waals surface area contributed by atoms with Gasteiger partial charge in [-0.2, -0.15) is 10.2 Å². The first kappa shape index (κ1) is 28.6. The molecule has 1 saturated heterocycles. The van der Waals surface area contributed by atoms with Crippen molar-refractivity contribution in [2.24, 2.45) is 10.2 Å². The first-order valence-electron chi connectivity index (χ1n) is 14.3. The maximum Gasteiger partial charge on any atom is 0.0887 e. The standard InChI is InChI=1S/C30H46N4OS/c1-2-3-4-5-9-12-24-34(25-13-10-7-6-8-11-14-30-21-26-36-35-30)29-17-15-27(16-18-29)32-33-28-19-22-31-23-20-28/h15-20,22-23,30H,2-14,21,24-26H2,1H3. The SMILES string of the molecule is CCCCCCCCN(CCCCCCCCC1CCSO1)c1ccc(N=Nc2ccncc2)cc1.